The molecule has 0 heterocycles. The molecule has 1 unspecified atom stereocenters. The van der Waals surface area contributed by atoms with E-state index in [0.717, 1.165) is 17.1 Å². The van der Waals surface area contributed by atoms with Crippen molar-refractivity contribution in [2.24, 2.45) is 4.99 Å². The first-order valence-corrected chi connectivity index (χ1v) is 9.59. The monoisotopic (exact) mass is 417 g/mol. The summed E-state index contributed by atoms with van der Waals surface area (Å²) < 4.78 is 27.4. The quantitative estimate of drug-likeness (QED) is 0.454. The summed E-state index contributed by atoms with van der Waals surface area (Å²) in [5.41, 5.74) is 0.916. The summed E-state index contributed by atoms with van der Waals surface area (Å²) in [6, 6.07) is 11.3. The van der Waals surface area contributed by atoms with Crippen molar-refractivity contribution in [3.63, 3.8) is 0 Å². The van der Waals surface area contributed by atoms with Crippen LogP contribution in [0.4, 0.5) is 0 Å². The van der Waals surface area contributed by atoms with Gasteiger partial charge in [-0.3, -0.25) is 4.99 Å². The van der Waals surface area contributed by atoms with Gasteiger partial charge in [0.05, 0.1) is 35.0 Å². The average molecular weight is 418 g/mol. The minimum Gasteiger partial charge on any atom is -0.497 e. The fourth-order valence-corrected chi connectivity index (χ4v) is 2.89. The number of nitrogens with one attached hydrogen (secondary N) is 2. The van der Waals surface area contributed by atoms with Crippen molar-refractivity contribution in [1.82, 2.24) is 10.6 Å². The molecule has 0 aliphatic carbocycles. The van der Waals surface area contributed by atoms with Crippen LogP contribution in [0.25, 0.3) is 0 Å². The van der Waals surface area contributed by atoms with Crippen molar-refractivity contribution < 1.29 is 23.7 Å². The SMILES string of the molecule is CN=C(NCc1ccc(OC)c(OC)c1OC)NCC(C)Oc1cccc(OC)c1. The molecule has 2 aromatic rings. The van der Waals surface area contributed by atoms with E-state index in [4.69, 9.17) is 23.7 Å². The summed E-state index contributed by atoms with van der Waals surface area (Å²) in [7, 11) is 8.13. The Morgan fingerprint density at radius 1 is 0.900 bits per heavy atom. The highest BCUT2D eigenvalue weighted by atomic mass is 16.5. The minimum atomic E-state index is -0.0775. The highest BCUT2D eigenvalue weighted by Crippen LogP contribution is 2.39. The predicted octanol–water partition coefficient (Wildman–Crippen LogP) is 2.85. The zero-order valence-corrected chi connectivity index (χ0v) is 18.4. The van der Waals surface area contributed by atoms with Gasteiger partial charge in [0.1, 0.15) is 17.6 Å². The van der Waals surface area contributed by atoms with Crippen LogP contribution in [0.1, 0.15) is 12.5 Å². The Hall–Kier alpha value is -3.29. The molecule has 0 bridgehead atoms. The van der Waals surface area contributed by atoms with Gasteiger partial charge in [-0.25, -0.2) is 0 Å². The van der Waals surface area contributed by atoms with E-state index >= 15 is 0 Å². The maximum Gasteiger partial charge on any atom is 0.203 e. The van der Waals surface area contributed by atoms with E-state index in [1.807, 2.05) is 43.3 Å². The van der Waals surface area contributed by atoms with Gasteiger partial charge >= 0.3 is 0 Å². The third-order valence-electron chi connectivity index (χ3n) is 4.39. The Kier molecular flexibility index (Phi) is 8.93. The van der Waals surface area contributed by atoms with Gasteiger partial charge in [-0.05, 0) is 31.2 Å². The zero-order valence-electron chi connectivity index (χ0n) is 18.4. The molecule has 0 saturated carbocycles. The van der Waals surface area contributed by atoms with Crippen molar-refractivity contribution >= 4 is 5.96 Å². The number of ether oxygens (including phenoxy) is 5. The molecule has 0 aliphatic rings. The lowest BCUT2D eigenvalue weighted by atomic mass is 10.1. The number of hydrogen-bond donors (Lipinski definition) is 2. The van der Waals surface area contributed by atoms with Gasteiger partial charge < -0.3 is 34.3 Å². The summed E-state index contributed by atoms with van der Waals surface area (Å²) in [5.74, 6) is 3.95. The van der Waals surface area contributed by atoms with Gasteiger partial charge in [-0.2, -0.15) is 0 Å². The van der Waals surface area contributed by atoms with Crippen molar-refractivity contribution in [1.29, 1.82) is 0 Å². The lowest BCUT2D eigenvalue weighted by Crippen LogP contribution is -2.41. The van der Waals surface area contributed by atoms with Crippen LogP contribution in [0.2, 0.25) is 0 Å². The Morgan fingerprint density at radius 3 is 2.27 bits per heavy atom. The van der Waals surface area contributed by atoms with Gasteiger partial charge in [0.2, 0.25) is 5.75 Å². The van der Waals surface area contributed by atoms with Gasteiger partial charge in [0.25, 0.3) is 0 Å². The van der Waals surface area contributed by atoms with Crippen LogP contribution in [-0.2, 0) is 6.54 Å². The molecule has 0 saturated heterocycles. The molecule has 0 aromatic heterocycles. The largest absolute Gasteiger partial charge is 0.497 e. The summed E-state index contributed by atoms with van der Waals surface area (Å²) in [6.07, 6.45) is -0.0775. The molecule has 0 aliphatic heterocycles. The molecule has 0 spiro atoms. The van der Waals surface area contributed by atoms with Crippen molar-refractivity contribution in [2.45, 2.75) is 19.6 Å². The lowest BCUT2D eigenvalue weighted by Gasteiger charge is -2.19. The van der Waals surface area contributed by atoms with E-state index in [1.165, 1.54) is 0 Å². The molecule has 8 nitrogen and oxygen atoms in total. The fraction of sp³-hybridized carbons (Fsp3) is 0.409. The van der Waals surface area contributed by atoms with Crippen LogP contribution < -0.4 is 34.3 Å². The molecule has 0 radical (unpaired) electrons. The third-order valence-corrected chi connectivity index (χ3v) is 4.39. The average Bonchev–Trinajstić information content (AvgIpc) is 2.78. The number of nitrogens with zero attached hydrogens (tertiary/aromatic N) is 1. The number of aliphatic imine (C=N–C) groups is 1. The topological polar surface area (TPSA) is 82.6 Å². The molecule has 8 heteroatoms. The van der Waals surface area contributed by atoms with Crippen molar-refractivity contribution in [2.75, 3.05) is 42.0 Å². The van der Waals surface area contributed by atoms with Crippen LogP contribution in [-0.4, -0.2) is 54.1 Å². The Bertz CT molecular complexity index is 842. The summed E-state index contributed by atoms with van der Waals surface area (Å²) in [6.45, 7) is 3.05. The maximum absolute atomic E-state index is 5.93. The van der Waals surface area contributed by atoms with Crippen LogP contribution in [0.3, 0.4) is 0 Å². The highest BCUT2D eigenvalue weighted by Gasteiger charge is 2.16. The second kappa shape index (κ2) is 11.6. The molecule has 1 atom stereocenters. The van der Waals surface area contributed by atoms with E-state index < -0.39 is 0 Å². The molecule has 30 heavy (non-hydrogen) atoms. The molecule has 2 N–H and O–H groups in total. The van der Waals surface area contributed by atoms with Gasteiger partial charge in [-0.1, -0.05) is 6.07 Å². The number of methoxy groups -OCH3 is 4. The third kappa shape index (κ3) is 6.10. The van der Waals surface area contributed by atoms with E-state index in [-0.39, 0.29) is 6.10 Å². The maximum atomic E-state index is 5.93. The second-order valence-corrected chi connectivity index (χ2v) is 6.41. The smallest absolute Gasteiger partial charge is 0.203 e. The Labute approximate surface area is 178 Å². The van der Waals surface area contributed by atoms with Crippen LogP contribution in [0.15, 0.2) is 41.4 Å². The molecule has 2 rings (SSSR count). The Balaban J connectivity index is 1.93. The fourth-order valence-electron chi connectivity index (χ4n) is 2.89. The van der Waals surface area contributed by atoms with Gasteiger partial charge in [0.15, 0.2) is 17.5 Å². The summed E-state index contributed by atoms with van der Waals surface area (Å²) >= 11 is 0. The van der Waals surface area contributed by atoms with Crippen LogP contribution in [0.5, 0.6) is 28.7 Å². The normalized spacial score (nSPS) is 12.0. The first-order valence-electron chi connectivity index (χ1n) is 9.59. The predicted molar refractivity (Wildman–Crippen MR) is 117 cm³/mol. The highest BCUT2D eigenvalue weighted by molar-refractivity contribution is 5.79. The minimum absolute atomic E-state index is 0.0775. The van der Waals surface area contributed by atoms with E-state index in [0.29, 0.717) is 36.3 Å². The van der Waals surface area contributed by atoms with E-state index in [1.54, 1.807) is 35.5 Å². The van der Waals surface area contributed by atoms with Crippen molar-refractivity contribution in [3.8, 4) is 28.7 Å². The molecular weight excluding hydrogens is 386 g/mol. The van der Waals surface area contributed by atoms with Gasteiger partial charge in [0, 0.05) is 25.2 Å². The van der Waals surface area contributed by atoms with Gasteiger partial charge in [-0.15, -0.1) is 0 Å². The number of benzene rings is 2. The molecule has 2 aromatic carbocycles. The van der Waals surface area contributed by atoms with E-state index in [2.05, 4.69) is 15.6 Å². The standard InChI is InChI=1S/C22H31N3O5/c1-15(30-18-9-7-8-17(12-18)26-3)13-24-22(23-2)25-14-16-10-11-19(27-4)21(29-6)20(16)28-5/h7-12,15H,13-14H2,1-6H3,(H2,23,24,25). The first-order chi connectivity index (χ1) is 14.6. The number of guanidine groups is 1. The lowest BCUT2D eigenvalue weighted by molar-refractivity contribution is 0.223. The summed E-state index contributed by atoms with van der Waals surface area (Å²) in [5, 5.41) is 6.54. The molecular formula is C22H31N3O5. The molecule has 0 fully saturated rings. The zero-order chi connectivity index (χ0) is 21.9. The number of hydrogen-bond acceptors (Lipinski definition) is 6. The molecule has 164 valence electrons. The summed E-state index contributed by atoms with van der Waals surface area (Å²) in [4.78, 5) is 4.26. The number of rotatable bonds is 10. The van der Waals surface area contributed by atoms with E-state index in [9.17, 15) is 0 Å². The Morgan fingerprint density at radius 2 is 1.63 bits per heavy atom. The first kappa shape index (κ1) is 23.0. The van der Waals surface area contributed by atoms with Crippen LogP contribution in [0, 0.1) is 0 Å². The van der Waals surface area contributed by atoms with Crippen molar-refractivity contribution in [3.05, 3.63) is 42.0 Å². The van der Waals surface area contributed by atoms with Crippen LogP contribution >= 0.6 is 0 Å². The second-order valence-electron chi connectivity index (χ2n) is 6.41. The molecule has 0 amide bonds.